The molecule has 2 atom stereocenters. The highest BCUT2D eigenvalue weighted by molar-refractivity contribution is 7.91. The normalized spacial score (nSPS) is 27.3. The number of rotatable bonds is 4. The number of aryl methyl sites for hydroxylation is 2. The molecule has 0 radical (unpaired) electrons. The molecule has 9 heteroatoms. The number of nitrogens with zero attached hydrogens (tertiary/aromatic N) is 4. The number of piperazine rings is 1. The maximum atomic E-state index is 12.8. The van der Waals surface area contributed by atoms with E-state index in [0.717, 1.165) is 25.0 Å². The van der Waals surface area contributed by atoms with Crippen LogP contribution in [-0.2, 0) is 32.9 Å². The van der Waals surface area contributed by atoms with E-state index in [1.807, 2.05) is 13.1 Å². The fraction of sp³-hybridized carbons (Fsp3) is 0.722. The third kappa shape index (κ3) is 3.49. The minimum absolute atomic E-state index is 0.0262. The Kier molecular flexibility index (Phi) is 4.73. The van der Waals surface area contributed by atoms with Crippen molar-refractivity contribution in [3.63, 3.8) is 0 Å². The Morgan fingerprint density at radius 1 is 1.15 bits per heavy atom. The van der Waals surface area contributed by atoms with Crippen molar-refractivity contribution in [2.24, 2.45) is 13.0 Å². The lowest BCUT2D eigenvalue weighted by Gasteiger charge is -2.45. The Hall–Kier alpha value is -1.90. The molecule has 2 amide bonds. The molecular formula is C18H26N4O4S. The third-order valence-corrected chi connectivity index (χ3v) is 7.95. The van der Waals surface area contributed by atoms with Gasteiger partial charge in [-0.1, -0.05) is 6.42 Å². The number of carbonyl (C=O) groups is 2. The summed E-state index contributed by atoms with van der Waals surface area (Å²) < 4.78 is 26.3. The first-order valence-corrected chi connectivity index (χ1v) is 11.4. The highest BCUT2D eigenvalue weighted by Gasteiger charge is 2.50. The zero-order valence-electron chi connectivity index (χ0n) is 15.6. The van der Waals surface area contributed by atoms with Crippen LogP contribution in [-0.4, -0.2) is 76.5 Å². The largest absolute Gasteiger partial charge is 0.335 e. The molecule has 0 aromatic carbocycles. The Morgan fingerprint density at radius 3 is 2.41 bits per heavy atom. The highest BCUT2D eigenvalue weighted by Crippen LogP contribution is 2.33. The van der Waals surface area contributed by atoms with Crippen LogP contribution in [0.2, 0.25) is 0 Å². The quantitative estimate of drug-likeness (QED) is 0.716. The molecule has 0 N–H and O–H groups in total. The van der Waals surface area contributed by atoms with Crippen LogP contribution in [0.5, 0.6) is 0 Å². The van der Waals surface area contributed by atoms with E-state index >= 15 is 0 Å². The van der Waals surface area contributed by atoms with Crippen molar-refractivity contribution in [2.45, 2.75) is 44.2 Å². The van der Waals surface area contributed by atoms with Crippen molar-refractivity contribution < 1.29 is 18.0 Å². The van der Waals surface area contributed by atoms with Crippen molar-refractivity contribution in [3.05, 3.63) is 18.0 Å². The summed E-state index contributed by atoms with van der Waals surface area (Å²) in [6.45, 7) is 0.850. The molecule has 4 rings (SSSR count). The molecule has 1 aromatic heterocycles. The lowest BCUT2D eigenvalue weighted by Crippen LogP contribution is -2.63. The van der Waals surface area contributed by atoms with E-state index < -0.39 is 21.9 Å². The smallest absolute Gasteiger partial charge is 0.226 e. The van der Waals surface area contributed by atoms with Crippen LogP contribution >= 0.6 is 0 Å². The summed E-state index contributed by atoms with van der Waals surface area (Å²) in [5.74, 6) is 0.0148. The summed E-state index contributed by atoms with van der Waals surface area (Å²) in [5.41, 5.74) is 0.970. The summed E-state index contributed by atoms with van der Waals surface area (Å²) in [6, 6.07) is 1.08. The second kappa shape index (κ2) is 6.92. The van der Waals surface area contributed by atoms with Gasteiger partial charge < -0.3 is 9.80 Å². The molecule has 148 valence electrons. The summed E-state index contributed by atoms with van der Waals surface area (Å²) in [6.07, 6.45) is 5.44. The SMILES string of the molecule is Cn1nccc1CCC(=O)N1CCN(C(=O)C2CCC2)[C@@H]2CS(=O)(=O)C[C@@H]21. The fourth-order valence-electron chi connectivity index (χ4n) is 4.45. The first kappa shape index (κ1) is 18.5. The highest BCUT2D eigenvalue weighted by atomic mass is 32.2. The number of sulfone groups is 1. The molecule has 0 bridgehead atoms. The Labute approximate surface area is 159 Å². The van der Waals surface area contributed by atoms with Gasteiger partial charge in [0, 0.05) is 44.4 Å². The van der Waals surface area contributed by atoms with E-state index in [-0.39, 0.29) is 29.2 Å². The average Bonchev–Trinajstić information content (AvgIpc) is 3.11. The second-order valence-electron chi connectivity index (χ2n) is 7.90. The Balaban J connectivity index is 1.47. The van der Waals surface area contributed by atoms with Gasteiger partial charge >= 0.3 is 0 Å². The van der Waals surface area contributed by atoms with E-state index in [0.29, 0.717) is 25.9 Å². The molecule has 3 aliphatic rings. The van der Waals surface area contributed by atoms with Gasteiger partial charge in [-0.15, -0.1) is 0 Å². The van der Waals surface area contributed by atoms with E-state index in [4.69, 9.17) is 0 Å². The van der Waals surface area contributed by atoms with Gasteiger partial charge in [-0.3, -0.25) is 14.3 Å². The monoisotopic (exact) mass is 394 g/mol. The third-order valence-electron chi connectivity index (χ3n) is 6.25. The number of fused-ring (bicyclic) bond motifs is 1. The van der Waals surface area contributed by atoms with Crippen molar-refractivity contribution >= 4 is 21.7 Å². The zero-order chi connectivity index (χ0) is 19.2. The molecular weight excluding hydrogens is 368 g/mol. The van der Waals surface area contributed by atoms with Crippen LogP contribution in [0.1, 0.15) is 31.4 Å². The maximum Gasteiger partial charge on any atom is 0.226 e. The number of carbonyl (C=O) groups excluding carboxylic acids is 2. The molecule has 8 nitrogen and oxygen atoms in total. The van der Waals surface area contributed by atoms with Gasteiger partial charge in [-0.25, -0.2) is 8.42 Å². The molecule has 0 unspecified atom stereocenters. The van der Waals surface area contributed by atoms with Crippen LogP contribution in [0.15, 0.2) is 12.3 Å². The molecule has 1 saturated carbocycles. The van der Waals surface area contributed by atoms with Gasteiger partial charge in [-0.2, -0.15) is 5.10 Å². The number of hydrogen-bond acceptors (Lipinski definition) is 5. The van der Waals surface area contributed by atoms with E-state index in [1.165, 1.54) is 0 Å². The zero-order valence-corrected chi connectivity index (χ0v) is 16.4. The minimum atomic E-state index is -3.24. The van der Waals surface area contributed by atoms with E-state index in [1.54, 1.807) is 20.7 Å². The van der Waals surface area contributed by atoms with Crippen molar-refractivity contribution in [3.8, 4) is 0 Å². The second-order valence-corrected chi connectivity index (χ2v) is 10.1. The van der Waals surface area contributed by atoms with Crippen molar-refractivity contribution in [1.29, 1.82) is 0 Å². The predicted molar refractivity (Wildman–Crippen MR) is 98.5 cm³/mol. The molecule has 1 aliphatic carbocycles. The van der Waals surface area contributed by atoms with Crippen LogP contribution in [0, 0.1) is 5.92 Å². The van der Waals surface area contributed by atoms with Gasteiger partial charge in [-0.05, 0) is 25.3 Å². The Morgan fingerprint density at radius 2 is 1.81 bits per heavy atom. The molecule has 1 aromatic rings. The molecule has 3 heterocycles. The Bertz CT molecular complexity index is 845. The lowest BCUT2D eigenvalue weighted by atomic mass is 9.83. The molecule has 2 saturated heterocycles. The first-order valence-electron chi connectivity index (χ1n) is 9.63. The van der Waals surface area contributed by atoms with Gasteiger partial charge in [0.15, 0.2) is 9.84 Å². The predicted octanol–water partition coefficient (Wildman–Crippen LogP) is -0.0108. The lowest BCUT2D eigenvalue weighted by molar-refractivity contribution is -0.149. The van der Waals surface area contributed by atoms with Gasteiger partial charge in [0.1, 0.15) is 0 Å². The molecule has 27 heavy (non-hydrogen) atoms. The van der Waals surface area contributed by atoms with Crippen LogP contribution < -0.4 is 0 Å². The van der Waals surface area contributed by atoms with Crippen molar-refractivity contribution in [2.75, 3.05) is 24.6 Å². The topological polar surface area (TPSA) is 92.6 Å². The minimum Gasteiger partial charge on any atom is -0.335 e. The fourth-order valence-corrected chi connectivity index (χ4v) is 6.43. The standard InChI is InChI=1S/C18H26N4O4S/c1-20-14(7-8-19-20)5-6-17(23)21-9-10-22(18(24)13-3-2-4-13)16-12-27(25,26)11-15(16)21/h7-8,13,15-16H,2-6,9-12H2,1H3/t15-,16+/m0/s1. The number of aromatic nitrogens is 2. The first-order chi connectivity index (χ1) is 12.9. The van der Waals surface area contributed by atoms with Crippen molar-refractivity contribution in [1.82, 2.24) is 19.6 Å². The maximum absolute atomic E-state index is 12.8. The summed E-state index contributed by atoms with van der Waals surface area (Å²) in [7, 11) is -1.41. The number of amides is 2. The molecule has 2 aliphatic heterocycles. The van der Waals surface area contributed by atoms with Gasteiger partial charge in [0.25, 0.3) is 0 Å². The van der Waals surface area contributed by atoms with Gasteiger partial charge in [0.2, 0.25) is 11.8 Å². The van der Waals surface area contributed by atoms with Crippen LogP contribution in [0.25, 0.3) is 0 Å². The average molecular weight is 394 g/mol. The van der Waals surface area contributed by atoms with Gasteiger partial charge in [0.05, 0.1) is 23.6 Å². The molecule has 3 fully saturated rings. The van der Waals surface area contributed by atoms with E-state index in [2.05, 4.69) is 5.10 Å². The summed E-state index contributed by atoms with van der Waals surface area (Å²) in [4.78, 5) is 29.0. The molecule has 0 spiro atoms. The summed E-state index contributed by atoms with van der Waals surface area (Å²) in [5, 5.41) is 4.11. The number of hydrogen-bond donors (Lipinski definition) is 0. The summed E-state index contributed by atoms with van der Waals surface area (Å²) >= 11 is 0. The van der Waals surface area contributed by atoms with Crippen LogP contribution in [0.4, 0.5) is 0 Å². The van der Waals surface area contributed by atoms with E-state index in [9.17, 15) is 18.0 Å². The van der Waals surface area contributed by atoms with Crippen LogP contribution in [0.3, 0.4) is 0 Å².